The summed E-state index contributed by atoms with van der Waals surface area (Å²) in [5, 5.41) is 3.01. The van der Waals surface area contributed by atoms with Gasteiger partial charge < -0.3 is 10.2 Å². The molecule has 2 aromatic carbocycles. The zero-order valence-electron chi connectivity index (χ0n) is 21.5. The zero-order valence-corrected chi connectivity index (χ0v) is 22.3. The average Bonchev–Trinajstić information content (AvgIpc) is 2.81. The summed E-state index contributed by atoms with van der Waals surface area (Å²) in [4.78, 5) is 28.1. The molecule has 0 radical (unpaired) electrons. The third-order valence-corrected chi connectivity index (χ3v) is 7.21. The summed E-state index contributed by atoms with van der Waals surface area (Å²) in [7, 11) is -3.50. The Kier molecular flexibility index (Phi) is 10.8. The molecule has 0 bridgehead atoms. The maximum atomic E-state index is 13.4. The molecule has 2 atom stereocenters. The number of rotatable bonds is 13. The molecule has 2 rings (SSSR count). The van der Waals surface area contributed by atoms with Crippen molar-refractivity contribution >= 4 is 27.5 Å². The number of anilines is 1. The van der Waals surface area contributed by atoms with E-state index in [4.69, 9.17) is 0 Å². The van der Waals surface area contributed by atoms with Crippen LogP contribution in [0.25, 0.3) is 0 Å². The van der Waals surface area contributed by atoms with Crippen LogP contribution in [0, 0.1) is 6.92 Å². The largest absolute Gasteiger partial charge is 0.352 e. The Labute approximate surface area is 210 Å². The topological polar surface area (TPSA) is 86.8 Å². The van der Waals surface area contributed by atoms with Crippen molar-refractivity contribution in [2.24, 2.45) is 0 Å². The number of carbonyl (C=O) groups is 2. The Bertz CT molecular complexity index is 1070. The highest BCUT2D eigenvalue weighted by atomic mass is 32.2. The Morgan fingerprint density at radius 1 is 1.00 bits per heavy atom. The summed E-state index contributed by atoms with van der Waals surface area (Å²) >= 11 is 0. The van der Waals surface area contributed by atoms with E-state index in [0.717, 1.165) is 23.8 Å². The van der Waals surface area contributed by atoms with Gasteiger partial charge in [-0.3, -0.25) is 13.9 Å². The van der Waals surface area contributed by atoms with E-state index in [2.05, 4.69) is 5.32 Å². The summed E-state index contributed by atoms with van der Waals surface area (Å²) in [5.41, 5.74) is 2.60. The normalized spacial score (nSPS) is 13.1. The molecule has 35 heavy (non-hydrogen) atoms. The van der Waals surface area contributed by atoms with Crippen molar-refractivity contribution in [3.8, 4) is 0 Å². The minimum atomic E-state index is -3.50. The van der Waals surface area contributed by atoms with E-state index in [-0.39, 0.29) is 30.8 Å². The molecule has 0 saturated heterocycles. The van der Waals surface area contributed by atoms with Crippen molar-refractivity contribution in [3.05, 3.63) is 65.7 Å². The minimum absolute atomic E-state index is 0.0154. The Morgan fingerprint density at radius 2 is 1.69 bits per heavy atom. The molecule has 0 saturated carbocycles. The second kappa shape index (κ2) is 13.3. The number of sulfonamides is 1. The Morgan fingerprint density at radius 3 is 2.26 bits per heavy atom. The van der Waals surface area contributed by atoms with Crippen molar-refractivity contribution < 1.29 is 18.0 Å². The van der Waals surface area contributed by atoms with Gasteiger partial charge in [0.15, 0.2) is 0 Å². The fraction of sp³-hybridized carbons (Fsp3) is 0.481. The number of nitrogens with zero attached hydrogens (tertiary/aromatic N) is 2. The van der Waals surface area contributed by atoms with Crippen LogP contribution in [0.4, 0.5) is 5.69 Å². The molecule has 8 heteroatoms. The van der Waals surface area contributed by atoms with Crippen LogP contribution in [-0.4, -0.2) is 50.0 Å². The fourth-order valence-electron chi connectivity index (χ4n) is 3.97. The van der Waals surface area contributed by atoms with Crippen LogP contribution in [0.1, 0.15) is 57.6 Å². The summed E-state index contributed by atoms with van der Waals surface area (Å²) < 4.78 is 26.1. The van der Waals surface area contributed by atoms with Crippen LogP contribution in [0.5, 0.6) is 0 Å². The second-order valence-electron chi connectivity index (χ2n) is 9.03. The quantitative estimate of drug-likeness (QED) is 0.444. The molecule has 7 nitrogen and oxygen atoms in total. The van der Waals surface area contributed by atoms with Gasteiger partial charge in [0.25, 0.3) is 0 Å². The highest BCUT2D eigenvalue weighted by molar-refractivity contribution is 7.92. The van der Waals surface area contributed by atoms with Gasteiger partial charge in [0, 0.05) is 25.6 Å². The van der Waals surface area contributed by atoms with Crippen molar-refractivity contribution in [1.29, 1.82) is 0 Å². The molecule has 0 aliphatic carbocycles. The molecule has 0 aliphatic heterocycles. The van der Waals surface area contributed by atoms with Gasteiger partial charge in [0.05, 0.1) is 11.9 Å². The monoisotopic (exact) mass is 501 g/mol. The number of para-hydroxylation sites is 1. The number of hydrogen-bond acceptors (Lipinski definition) is 4. The Balaban J connectivity index is 2.21. The molecule has 1 N–H and O–H groups in total. The maximum absolute atomic E-state index is 13.4. The summed E-state index contributed by atoms with van der Waals surface area (Å²) in [6.45, 7) is 8.34. The lowest BCUT2D eigenvalue weighted by Crippen LogP contribution is -2.50. The van der Waals surface area contributed by atoms with Gasteiger partial charge in [0.2, 0.25) is 21.8 Å². The molecule has 0 spiro atoms. The van der Waals surface area contributed by atoms with Crippen LogP contribution in [0.3, 0.4) is 0 Å². The first-order valence-corrected chi connectivity index (χ1v) is 14.1. The first-order valence-electron chi connectivity index (χ1n) is 12.2. The van der Waals surface area contributed by atoms with Gasteiger partial charge in [-0.1, -0.05) is 61.9 Å². The third-order valence-electron chi connectivity index (χ3n) is 6.02. The van der Waals surface area contributed by atoms with Crippen molar-refractivity contribution in [1.82, 2.24) is 10.2 Å². The molecular weight excluding hydrogens is 462 g/mol. The van der Waals surface area contributed by atoms with E-state index in [9.17, 15) is 18.0 Å². The van der Waals surface area contributed by atoms with Gasteiger partial charge in [-0.25, -0.2) is 8.42 Å². The smallest absolute Gasteiger partial charge is 0.243 e. The lowest BCUT2D eigenvalue weighted by molar-refractivity contribution is -0.141. The number of hydrogen-bond donors (Lipinski definition) is 1. The molecule has 0 unspecified atom stereocenters. The van der Waals surface area contributed by atoms with E-state index < -0.39 is 16.1 Å². The number of benzene rings is 2. The van der Waals surface area contributed by atoms with E-state index in [1.54, 1.807) is 29.2 Å². The number of aryl methyl sites for hydroxylation is 1. The van der Waals surface area contributed by atoms with Gasteiger partial charge in [-0.15, -0.1) is 0 Å². The van der Waals surface area contributed by atoms with Crippen LogP contribution in [0.2, 0.25) is 0 Å². The summed E-state index contributed by atoms with van der Waals surface area (Å²) in [6, 6.07) is 16.2. The van der Waals surface area contributed by atoms with E-state index in [1.165, 1.54) is 4.31 Å². The van der Waals surface area contributed by atoms with Gasteiger partial charge in [0.1, 0.15) is 6.04 Å². The van der Waals surface area contributed by atoms with Crippen molar-refractivity contribution in [2.45, 2.75) is 72.0 Å². The van der Waals surface area contributed by atoms with E-state index in [0.29, 0.717) is 25.1 Å². The molecule has 2 aromatic rings. The predicted octanol–water partition coefficient (Wildman–Crippen LogP) is 4.26. The molecule has 0 aliphatic rings. The molecule has 2 amide bonds. The SMILES string of the molecule is CC[C@H](C(=O)N[C@@H](C)CC)N(Cc1cccc(C)c1)C(=O)CCCN(c1ccccc1)S(C)(=O)=O. The van der Waals surface area contributed by atoms with Crippen LogP contribution in [0.15, 0.2) is 54.6 Å². The molecular formula is C27H39N3O4S. The number of amides is 2. The zero-order chi connectivity index (χ0) is 26.0. The Hall–Kier alpha value is -2.87. The van der Waals surface area contributed by atoms with Gasteiger partial charge in [-0.2, -0.15) is 0 Å². The third kappa shape index (κ3) is 8.69. The fourth-order valence-corrected chi connectivity index (χ4v) is 4.93. The molecule has 0 heterocycles. The van der Waals surface area contributed by atoms with Crippen molar-refractivity contribution in [3.63, 3.8) is 0 Å². The van der Waals surface area contributed by atoms with Crippen LogP contribution >= 0.6 is 0 Å². The summed E-state index contributed by atoms with van der Waals surface area (Å²) in [5.74, 6) is -0.330. The lowest BCUT2D eigenvalue weighted by Gasteiger charge is -2.32. The first kappa shape index (κ1) is 28.4. The van der Waals surface area contributed by atoms with Crippen molar-refractivity contribution in [2.75, 3.05) is 17.1 Å². The highest BCUT2D eigenvalue weighted by Gasteiger charge is 2.29. The number of carbonyl (C=O) groups excluding carboxylic acids is 2. The molecule has 0 fully saturated rings. The minimum Gasteiger partial charge on any atom is -0.352 e. The summed E-state index contributed by atoms with van der Waals surface area (Å²) in [6.07, 6.45) is 2.93. The van der Waals surface area contributed by atoms with Crippen LogP contribution in [-0.2, 0) is 26.2 Å². The van der Waals surface area contributed by atoms with Gasteiger partial charge >= 0.3 is 0 Å². The maximum Gasteiger partial charge on any atom is 0.243 e. The highest BCUT2D eigenvalue weighted by Crippen LogP contribution is 2.19. The molecule has 192 valence electrons. The van der Waals surface area contributed by atoms with Crippen LogP contribution < -0.4 is 9.62 Å². The predicted molar refractivity (Wildman–Crippen MR) is 142 cm³/mol. The number of nitrogens with one attached hydrogen (secondary N) is 1. The molecule has 0 aromatic heterocycles. The first-order chi connectivity index (χ1) is 16.6. The van der Waals surface area contributed by atoms with E-state index >= 15 is 0 Å². The lowest BCUT2D eigenvalue weighted by atomic mass is 10.1. The second-order valence-corrected chi connectivity index (χ2v) is 10.9. The van der Waals surface area contributed by atoms with E-state index in [1.807, 2.05) is 58.0 Å². The average molecular weight is 502 g/mol. The standard InChI is InChI=1S/C27H39N3O4S/c1-6-22(4)28-27(32)25(7-2)29(20-23-14-11-13-21(3)19-23)26(31)17-12-18-30(35(5,33)34)24-15-9-8-10-16-24/h8-11,13-16,19,22,25H,6-7,12,17-18,20H2,1-5H3,(H,28,32)/t22-,25+/m0/s1. The van der Waals surface area contributed by atoms with Gasteiger partial charge in [-0.05, 0) is 50.8 Å².